The molecule has 1 aliphatic rings. The molecule has 5 heteroatoms. The van der Waals surface area contributed by atoms with Gasteiger partial charge in [-0.15, -0.1) is 11.3 Å². The SMILES string of the molecule is CC(C)C(=O)N1CCN(Cc2ccc(Cl)s2)CC1. The van der Waals surface area contributed by atoms with Crippen molar-refractivity contribution in [2.24, 2.45) is 5.92 Å². The fraction of sp³-hybridized carbons (Fsp3) is 0.615. The van der Waals surface area contributed by atoms with Crippen LogP contribution in [0.25, 0.3) is 0 Å². The van der Waals surface area contributed by atoms with Crippen molar-refractivity contribution < 1.29 is 4.79 Å². The molecule has 1 saturated heterocycles. The number of carbonyl (C=O) groups is 1. The molecular formula is C13H19ClN2OS. The third-order valence-corrected chi connectivity index (χ3v) is 4.40. The van der Waals surface area contributed by atoms with Crippen LogP contribution < -0.4 is 0 Å². The average Bonchev–Trinajstić information content (AvgIpc) is 2.75. The van der Waals surface area contributed by atoms with Crippen molar-refractivity contribution in [1.82, 2.24) is 9.80 Å². The zero-order valence-corrected chi connectivity index (χ0v) is 12.4. The van der Waals surface area contributed by atoms with Gasteiger partial charge in [-0.3, -0.25) is 9.69 Å². The molecule has 0 bridgehead atoms. The number of rotatable bonds is 3. The summed E-state index contributed by atoms with van der Waals surface area (Å²) in [6.45, 7) is 8.46. The van der Waals surface area contributed by atoms with E-state index in [1.54, 1.807) is 11.3 Å². The highest BCUT2D eigenvalue weighted by atomic mass is 35.5. The second-order valence-electron chi connectivity index (χ2n) is 4.96. The van der Waals surface area contributed by atoms with Gasteiger partial charge in [-0.1, -0.05) is 25.4 Å². The summed E-state index contributed by atoms with van der Waals surface area (Å²) in [5.41, 5.74) is 0. The molecule has 0 saturated carbocycles. The predicted molar refractivity (Wildman–Crippen MR) is 76.0 cm³/mol. The van der Waals surface area contributed by atoms with E-state index in [4.69, 9.17) is 11.6 Å². The average molecular weight is 287 g/mol. The van der Waals surface area contributed by atoms with Crippen molar-refractivity contribution in [3.63, 3.8) is 0 Å². The summed E-state index contributed by atoms with van der Waals surface area (Å²) in [4.78, 5) is 17.5. The molecule has 100 valence electrons. The molecule has 2 heterocycles. The maximum Gasteiger partial charge on any atom is 0.225 e. The normalized spacial score (nSPS) is 17.4. The molecular weight excluding hydrogens is 268 g/mol. The fourth-order valence-electron chi connectivity index (χ4n) is 2.15. The maximum absolute atomic E-state index is 11.9. The topological polar surface area (TPSA) is 23.6 Å². The Morgan fingerprint density at radius 2 is 2.00 bits per heavy atom. The molecule has 0 atom stereocenters. The number of thiophene rings is 1. The minimum absolute atomic E-state index is 0.104. The van der Waals surface area contributed by atoms with E-state index < -0.39 is 0 Å². The molecule has 0 aromatic carbocycles. The van der Waals surface area contributed by atoms with Gasteiger partial charge in [0, 0.05) is 43.5 Å². The third-order valence-electron chi connectivity index (χ3n) is 3.19. The first-order valence-electron chi connectivity index (χ1n) is 6.31. The van der Waals surface area contributed by atoms with Crippen LogP contribution in [0.4, 0.5) is 0 Å². The first kappa shape index (κ1) is 13.8. The highest BCUT2D eigenvalue weighted by Crippen LogP contribution is 2.23. The Bertz CT molecular complexity index is 411. The molecule has 2 rings (SSSR count). The zero-order chi connectivity index (χ0) is 13.1. The van der Waals surface area contributed by atoms with Crippen LogP contribution >= 0.6 is 22.9 Å². The van der Waals surface area contributed by atoms with Crippen molar-refractivity contribution in [3.8, 4) is 0 Å². The highest BCUT2D eigenvalue weighted by molar-refractivity contribution is 7.16. The van der Waals surface area contributed by atoms with Crippen molar-refractivity contribution in [1.29, 1.82) is 0 Å². The van der Waals surface area contributed by atoms with Crippen LogP contribution in [0.15, 0.2) is 12.1 Å². The molecule has 18 heavy (non-hydrogen) atoms. The third kappa shape index (κ3) is 3.46. The molecule has 1 aliphatic heterocycles. The molecule has 1 fully saturated rings. The standard InChI is InChI=1S/C13H19ClN2OS/c1-10(2)13(17)16-7-5-15(6-8-16)9-11-3-4-12(14)18-11/h3-4,10H,5-9H2,1-2H3. The highest BCUT2D eigenvalue weighted by Gasteiger charge is 2.22. The van der Waals surface area contributed by atoms with Crippen LogP contribution in [0, 0.1) is 5.92 Å². The molecule has 1 amide bonds. The Hall–Kier alpha value is -0.580. The van der Waals surface area contributed by atoms with Crippen molar-refractivity contribution >= 4 is 28.8 Å². The Kier molecular flexibility index (Phi) is 4.65. The van der Waals surface area contributed by atoms with E-state index in [2.05, 4.69) is 11.0 Å². The van der Waals surface area contributed by atoms with E-state index in [0.717, 1.165) is 37.1 Å². The van der Waals surface area contributed by atoms with Crippen molar-refractivity contribution in [3.05, 3.63) is 21.3 Å². The molecule has 1 aromatic rings. The van der Waals surface area contributed by atoms with Crippen molar-refractivity contribution in [2.75, 3.05) is 26.2 Å². The number of piperazine rings is 1. The van der Waals surface area contributed by atoms with Crippen molar-refractivity contribution in [2.45, 2.75) is 20.4 Å². The van der Waals surface area contributed by atoms with Gasteiger partial charge in [-0.25, -0.2) is 0 Å². The lowest BCUT2D eigenvalue weighted by Gasteiger charge is -2.35. The van der Waals surface area contributed by atoms with Gasteiger partial charge < -0.3 is 4.90 Å². The van der Waals surface area contributed by atoms with Crippen LogP contribution in [0.5, 0.6) is 0 Å². The van der Waals surface area contributed by atoms with E-state index in [0.29, 0.717) is 0 Å². The minimum Gasteiger partial charge on any atom is -0.340 e. The second-order valence-corrected chi connectivity index (χ2v) is 6.76. The summed E-state index contributed by atoms with van der Waals surface area (Å²) in [5.74, 6) is 0.376. The monoisotopic (exact) mass is 286 g/mol. The van der Waals surface area contributed by atoms with Gasteiger partial charge in [0.2, 0.25) is 5.91 Å². The number of amides is 1. The predicted octanol–water partition coefficient (Wildman–Crippen LogP) is 2.70. The van der Waals surface area contributed by atoms with E-state index in [1.807, 2.05) is 24.8 Å². The lowest BCUT2D eigenvalue weighted by atomic mass is 10.1. The summed E-state index contributed by atoms with van der Waals surface area (Å²) in [6, 6.07) is 4.03. The molecule has 0 N–H and O–H groups in total. The van der Waals surface area contributed by atoms with E-state index in [9.17, 15) is 4.79 Å². The Morgan fingerprint density at radius 3 is 2.50 bits per heavy atom. The van der Waals surface area contributed by atoms with Gasteiger partial charge in [0.15, 0.2) is 0 Å². The first-order chi connectivity index (χ1) is 8.56. The van der Waals surface area contributed by atoms with Gasteiger partial charge in [-0.05, 0) is 12.1 Å². The molecule has 3 nitrogen and oxygen atoms in total. The lowest BCUT2D eigenvalue weighted by molar-refractivity contribution is -0.136. The summed E-state index contributed by atoms with van der Waals surface area (Å²) in [5, 5.41) is 0. The number of hydrogen-bond acceptors (Lipinski definition) is 3. The van der Waals surface area contributed by atoms with E-state index in [-0.39, 0.29) is 11.8 Å². The largest absolute Gasteiger partial charge is 0.340 e. The molecule has 0 radical (unpaired) electrons. The quantitative estimate of drug-likeness (QED) is 0.853. The molecule has 0 aliphatic carbocycles. The molecule has 0 unspecified atom stereocenters. The summed E-state index contributed by atoms with van der Waals surface area (Å²) in [7, 11) is 0. The Balaban J connectivity index is 1.82. The first-order valence-corrected chi connectivity index (χ1v) is 7.51. The summed E-state index contributed by atoms with van der Waals surface area (Å²) < 4.78 is 0.846. The van der Waals surface area contributed by atoms with Gasteiger partial charge >= 0.3 is 0 Å². The van der Waals surface area contributed by atoms with Crippen LogP contribution in [0.3, 0.4) is 0 Å². The zero-order valence-electron chi connectivity index (χ0n) is 10.9. The van der Waals surface area contributed by atoms with Gasteiger partial charge in [0.25, 0.3) is 0 Å². The van der Waals surface area contributed by atoms with E-state index >= 15 is 0 Å². The Morgan fingerprint density at radius 1 is 1.33 bits per heavy atom. The molecule has 1 aromatic heterocycles. The number of nitrogens with zero attached hydrogens (tertiary/aromatic N) is 2. The number of halogens is 1. The second kappa shape index (κ2) is 6.04. The van der Waals surface area contributed by atoms with Gasteiger partial charge in [-0.2, -0.15) is 0 Å². The van der Waals surface area contributed by atoms with Gasteiger partial charge in [0.05, 0.1) is 4.34 Å². The number of carbonyl (C=O) groups excluding carboxylic acids is 1. The maximum atomic E-state index is 11.9. The van der Waals surface area contributed by atoms with E-state index in [1.165, 1.54) is 4.88 Å². The smallest absolute Gasteiger partial charge is 0.225 e. The van der Waals surface area contributed by atoms with Crippen LogP contribution in [0.1, 0.15) is 18.7 Å². The van der Waals surface area contributed by atoms with Crippen LogP contribution in [0.2, 0.25) is 4.34 Å². The fourth-order valence-corrected chi connectivity index (χ4v) is 3.28. The van der Waals surface area contributed by atoms with Gasteiger partial charge in [0.1, 0.15) is 0 Å². The molecule has 0 spiro atoms. The Labute approximate surface area is 117 Å². The summed E-state index contributed by atoms with van der Waals surface area (Å²) in [6.07, 6.45) is 0. The minimum atomic E-state index is 0.104. The lowest BCUT2D eigenvalue weighted by Crippen LogP contribution is -2.49. The summed E-state index contributed by atoms with van der Waals surface area (Å²) >= 11 is 7.56. The van der Waals surface area contributed by atoms with Crippen LogP contribution in [-0.2, 0) is 11.3 Å². The van der Waals surface area contributed by atoms with Crippen LogP contribution in [-0.4, -0.2) is 41.9 Å². The number of hydrogen-bond donors (Lipinski definition) is 0.